The summed E-state index contributed by atoms with van der Waals surface area (Å²) in [5, 5.41) is 23.7. The van der Waals surface area contributed by atoms with Gasteiger partial charge in [0.2, 0.25) is 0 Å². The number of hydrogen-bond donors (Lipinski definition) is 2. The minimum atomic E-state index is -1.13. The van der Waals surface area contributed by atoms with E-state index in [1.54, 1.807) is 12.1 Å². The molecule has 2 N–H and O–H groups in total. The first-order chi connectivity index (χ1) is 18.4. The Morgan fingerprint density at radius 2 is 1.79 bits per heavy atom. The molecule has 0 aliphatic heterocycles. The van der Waals surface area contributed by atoms with Crippen molar-refractivity contribution in [3.63, 3.8) is 0 Å². The normalized spacial score (nSPS) is 11.0. The Hall–Kier alpha value is -4.80. The lowest BCUT2D eigenvalue weighted by Gasteiger charge is -2.15. The highest BCUT2D eigenvalue weighted by Crippen LogP contribution is 2.38. The molecule has 4 rings (SSSR count). The van der Waals surface area contributed by atoms with Gasteiger partial charge in [0.1, 0.15) is 18.2 Å². The highest BCUT2D eigenvalue weighted by molar-refractivity contribution is 6.32. The van der Waals surface area contributed by atoms with Gasteiger partial charge in [-0.3, -0.25) is 4.79 Å². The van der Waals surface area contributed by atoms with E-state index in [4.69, 9.17) is 26.2 Å². The second-order valence-electron chi connectivity index (χ2n) is 8.20. The van der Waals surface area contributed by atoms with E-state index in [1.807, 2.05) is 55.5 Å². The van der Waals surface area contributed by atoms with Crippen LogP contribution >= 0.6 is 11.6 Å². The van der Waals surface area contributed by atoms with Crippen LogP contribution in [0.1, 0.15) is 28.4 Å². The van der Waals surface area contributed by atoms with Crippen molar-refractivity contribution in [1.29, 1.82) is 5.26 Å². The van der Waals surface area contributed by atoms with Crippen LogP contribution in [0.3, 0.4) is 0 Å². The van der Waals surface area contributed by atoms with Crippen LogP contribution < -0.4 is 14.8 Å². The lowest BCUT2D eigenvalue weighted by atomic mass is 10.1. The summed E-state index contributed by atoms with van der Waals surface area (Å²) in [6, 6.07) is 24.8. The second-order valence-corrected chi connectivity index (χ2v) is 8.61. The van der Waals surface area contributed by atoms with Gasteiger partial charge >= 0.3 is 5.97 Å². The van der Waals surface area contributed by atoms with E-state index in [9.17, 15) is 14.9 Å². The van der Waals surface area contributed by atoms with Crippen LogP contribution in [0.4, 0.5) is 5.69 Å². The van der Waals surface area contributed by atoms with Gasteiger partial charge in [0.05, 0.1) is 17.2 Å². The zero-order valence-electron chi connectivity index (χ0n) is 20.4. The molecule has 0 unspecified atom stereocenters. The number of aromatic carboxylic acids is 1. The van der Waals surface area contributed by atoms with Gasteiger partial charge in [-0.05, 0) is 65.2 Å². The summed E-state index contributed by atoms with van der Waals surface area (Å²) >= 11 is 6.56. The molecule has 0 spiro atoms. The number of halogens is 1. The van der Waals surface area contributed by atoms with E-state index >= 15 is 0 Å². The molecule has 1 amide bonds. The van der Waals surface area contributed by atoms with Crippen molar-refractivity contribution in [3.05, 3.63) is 106 Å². The van der Waals surface area contributed by atoms with Gasteiger partial charge in [0.15, 0.2) is 11.5 Å². The number of nitriles is 1. The van der Waals surface area contributed by atoms with Crippen molar-refractivity contribution in [2.75, 3.05) is 11.9 Å². The molecular weight excluding hydrogens is 504 g/mol. The molecule has 4 aromatic carbocycles. The van der Waals surface area contributed by atoms with Crippen LogP contribution in [-0.2, 0) is 11.4 Å². The summed E-state index contributed by atoms with van der Waals surface area (Å²) in [4.78, 5) is 23.9. The number of nitrogens with zero attached hydrogens (tertiary/aromatic N) is 1. The zero-order chi connectivity index (χ0) is 27.1. The quantitative estimate of drug-likeness (QED) is 0.185. The Morgan fingerprint density at radius 1 is 1.03 bits per heavy atom. The molecule has 0 aromatic heterocycles. The first-order valence-corrected chi connectivity index (χ1v) is 12.1. The van der Waals surface area contributed by atoms with E-state index in [0.717, 1.165) is 16.3 Å². The number of anilines is 1. The fraction of sp³-hybridized carbons (Fsp3) is 0.100. The van der Waals surface area contributed by atoms with E-state index in [-0.39, 0.29) is 28.5 Å². The van der Waals surface area contributed by atoms with Gasteiger partial charge in [-0.1, -0.05) is 60.1 Å². The predicted molar refractivity (Wildman–Crippen MR) is 147 cm³/mol. The number of rotatable bonds is 9. The Morgan fingerprint density at radius 3 is 2.55 bits per heavy atom. The van der Waals surface area contributed by atoms with Gasteiger partial charge in [-0.15, -0.1) is 0 Å². The number of hydrogen-bond acceptors (Lipinski definition) is 5. The summed E-state index contributed by atoms with van der Waals surface area (Å²) in [6.45, 7) is 2.43. The fourth-order valence-electron chi connectivity index (χ4n) is 3.89. The SMILES string of the molecule is CCOc1cc(C=C(C#N)C(=O)Nc2cccc(C(=O)O)c2)cc(Cl)c1OCc1cccc2ccccc12. The molecule has 7 nitrogen and oxygen atoms in total. The number of carbonyl (C=O) groups is 2. The van der Waals surface area contributed by atoms with E-state index in [2.05, 4.69) is 5.32 Å². The van der Waals surface area contributed by atoms with Crippen molar-refractivity contribution in [2.24, 2.45) is 0 Å². The third kappa shape index (κ3) is 6.12. The molecule has 0 radical (unpaired) electrons. The Labute approximate surface area is 224 Å². The highest BCUT2D eigenvalue weighted by atomic mass is 35.5. The first-order valence-electron chi connectivity index (χ1n) is 11.7. The molecule has 0 atom stereocenters. The number of carboxylic acid groups (broad SMARTS) is 1. The minimum Gasteiger partial charge on any atom is -0.490 e. The van der Waals surface area contributed by atoms with E-state index in [1.165, 1.54) is 30.3 Å². The van der Waals surface area contributed by atoms with Crippen molar-refractivity contribution < 1.29 is 24.2 Å². The number of carboxylic acids is 1. The molecule has 0 aliphatic rings. The fourth-order valence-corrected chi connectivity index (χ4v) is 4.16. The molecule has 0 saturated heterocycles. The monoisotopic (exact) mass is 526 g/mol. The first kappa shape index (κ1) is 26.3. The summed E-state index contributed by atoms with van der Waals surface area (Å²) in [5.74, 6) is -1.09. The topological polar surface area (TPSA) is 109 Å². The molecule has 4 aromatic rings. The molecule has 0 heterocycles. The van der Waals surface area contributed by atoms with Crippen LogP contribution in [0.15, 0.2) is 84.4 Å². The molecule has 0 saturated carbocycles. The lowest BCUT2D eigenvalue weighted by Crippen LogP contribution is -2.14. The highest BCUT2D eigenvalue weighted by Gasteiger charge is 2.16. The van der Waals surface area contributed by atoms with Crippen molar-refractivity contribution >= 4 is 46.0 Å². The number of benzene rings is 4. The Bertz CT molecular complexity index is 1580. The van der Waals surface area contributed by atoms with Crippen LogP contribution in [0.2, 0.25) is 5.02 Å². The second kappa shape index (κ2) is 12.0. The largest absolute Gasteiger partial charge is 0.490 e. The van der Waals surface area contributed by atoms with E-state index in [0.29, 0.717) is 23.7 Å². The van der Waals surface area contributed by atoms with Gasteiger partial charge in [-0.2, -0.15) is 5.26 Å². The average molecular weight is 527 g/mol. The molecular formula is C30H23ClN2O5. The molecule has 8 heteroatoms. The van der Waals surface area contributed by atoms with Gasteiger partial charge in [0.25, 0.3) is 5.91 Å². The van der Waals surface area contributed by atoms with Gasteiger partial charge in [0, 0.05) is 5.69 Å². The maximum Gasteiger partial charge on any atom is 0.335 e. The maximum absolute atomic E-state index is 12.7. The standard InChI is InChI=1S/C30H23ClN2O5/c1-2-37-27-15-19(13-23(17-32)29(34)33-24-11-6-9-21(16-24)30(35)36)14-26(31)28(27)38-18-22-10-5-8-20-7-3-4-12-25(20)22/h3-16H,2,18H2,1H3,(H,33,34)(H,35,36). The molecule has 0 bridgehead atoms. The average Bonchev–Trinajstić information content (AvgIpc) is 2.91. The third-order valence-corrected chi connectivity index (χ3v) is 5.91. The van der Waals surface area contributed by atoms with Gasteiger partial charge < -0.3 is 19.9 Å². The van der Waals surface area contributed by atoms with Crippen LogP contribution in [-0.4, -0.2) is 23.6 Å². The van der Waals surface area contributed by atoms with Gasteiger partial charge in [-0.25, -0.2) is 4.79 Å². The summed E-state index contributed by atoms with van der Waals surface area (Å²) < 4.78 is 11.9. The van der Waals surface area contributed by atoms with Crippen molar-refractivity contribution in [3.8, 4) is 17.6 Å². The summed E-state index contributed by atoms with van der Waals surface area (Å²) in [7, 11) is 0. The van der Waals surface area contributed by atoms with Crippen molar-refractivity contribution in [2.45, 2.75) is 13.5 Å². The van der Waals surface area contributed by atoms with Crippen molar-refractivity contribution in [1.82, 2.24) is 0 Å². The molecule has 0 aliphatic carbocycles. The maximum atomic E-state index is 12.7. The molecule has 0 fully saturated rings. The number of nitrogens with one attached hydrogen (secondary N) is 1. The van der Waals surface area contributed by atoms with Crippen LogP contribution in [0.25, 0.3) is 16.8 Å². The summed E-state index contributed by atoms with van der Waals surface area (Å²) in [5.41, 5.74) is 1.51. The number of ether oxygens (including phenoxy) is 2. The Balaban J connectivity index is 1.58. The smallest absolute Gasteiger partial charge is 0.335 e. The molecule has 190 valence electrons. The Kier molecular flexibility index (Phi) is 8.27. The number of amides is 1. The molecule has 38 heavy (non-hydrogen) atoms. The lowest BCUT2D eigenvalue weighted by molar-refractivity contribution is -0.112. The van der Waals surface area contributed by atoms with Crippen LogP contribution in [0, 0.1) is 11.3 Å². The number of fused-ring (bicyclic) bond motifs is 1. The third-order valence-electron chi connectivity index (χ3n) is 5.63. The predicted octanol–water partition coefficient (Wildman–Crippen LogP) is 6.71. The van der Waals surface area contributed by atoms with Crippen LogP contribution in [0.5, 0.6) is 11.5 Å². The summed E-state index contributed by atoms with van der Waals surface area (Å²) in [6.07, 6.45) is 1.37. The zero-order valence-corrected chi connectivity index (χ0v) is 21.2. The minimum absolute atomic E-state index is 0.0116. The number of carbonyl (C=O) groups excluding carboxylic acids is 1. The van der Waals surface area contributed by atoms with E-state index < -0.39 is 11.9 Å².